The molecule has 0 aliphatic carbocycles. The van der Waals surface area contributed by atoms with E-state index in [-0.39, 0.29) is 5.82 Å². The van der Waals surface area contributed by atoms with Gasteiger partial charge in [-0.1, -0.05) is 6.92 Å². The van der Waals surface area contributed by atoms with Crippen molar-refractivity contribution in [3.05, 3.63) is 29.6 Å². The van der Waals surface area contributed by atoms with Gasteiger partial charge in [0.15, 0.2) is 0 Å². The van der Waals surface area contributed by atoms with E-state index in [2.05, 4.69) is 17.1 Å². The summed E-state index contributed by atoms with van der Waals surface area (Å²) in [7, 11) is 0. The fourth-order valence-electron chi connectivity index (χ4n) is 2.31. The van der Waals surface area contributed by atoms with Crippen molar-refractivity contribution < 1.29 is 9.13 Å². The molecule has 4 heteroatoms. The molecule has 1 aliphatic heterocycles. The Bertz CT molecular complexity index is 392. The summed E-state index contributed by atoms with van der Waals surface area (Å²) in [4.78, 5) is 2.41. The molecular formula is C15H23FN2O. The van der Waals surface area contributed by atoms with E-state index in [1.165, 1.54) is 6.07 Å². The molecule has 0 bridgehead atoms. The van der Waals surface area contributed by atoms with E-state index in [0.29, 0.717) is 6.61 Å². The Morgan fingerprint density at radius 1 is 1.32 bits per heavy atom. The fraction of sp³-hybridized carbons (Fsp3) is 0.600. The largest absolute Gasteiger partial charge is 0.493 e. The van der Waals surface area contributed by atoms with Crippen molar-refractivity contribution in [3.8, 4) is 5.75 Å². The Balaban J connectivity index is 1.94. The molecule has 0 unspecified atom stereocenters. The monoisotopic (exact) mass is 266 g/mol. The maximum Gasteiger partial charge on any atom is 0.123 e. The van der Waals surface area contributed by atoms with E-state index in [0.717, 1.165) is 56.9 Å². The molecule has 1 fully saturated rings. The Labute approximate surface area is 114 Å². The highest BCUT2D eigenvalue weighted by Crippen LogP contribution is 2.21. The highest BCUT2D eigenvalue weighted by Gasteiger charge is 2.11. The molecule has 0 spiro atoms. The summed E-state index contributed by atoms with van der Waals surface area (Å²) < 4.78 is 19.0. The lowest BCUT2D eigenvalue weighted by molar-refractivity contribution is 0.242. The first-order valence-corrected chi connectivity index (χ1v) is 7.14. The van der Waals surface area contributed by atoms with E-state index >= 15 is 0 Å². The van der Waals surface area contributed by atoms with E-state index in [1.807, 2.05) is 0 Å². The van der Waals surface area contributed by atoms with E-state index < -0.39 is 0 Å². The lowest BCUT2D eigenvalue weighted by atomic mass is 10.1. The number of hydrogen-bond donors (Lipinski definition) is 1. The molecule has 2 rings (SSSR count). The zero-order valence-electron chi connectivity index (χ0n) is 11.6. The second kappa shape index (κ2) is 7.46. The van der Waals surface area contributed by atoms with E-state index in [4.69, 9.17) is 4.74 Å². The van der Waals surface area contributed by atoms with Gasteiger partial charge in [0.25, 0.3) is 0 Å². The van der Waals surface area contributed by atoms with Crippen molar-refractivity contribution in [2.75, 3.05) is 39.3 Å². The number of hydrogen-bond acceptors (Lipinski definition) is 3. The molecule has 1 aromatic carbocycles. The summed E-state index contributed by atoms with van der Waals surface area (Å²) in [6, 6.07) is 4.82. The van der Waals surface area contributed by atoms with Gasteiger partial charge in [-0.25, -0.2) is 4.39 Å². The molecule has 0 saturated carbocycles. The number of piperazine rings is 1. The summed E-state index contributed by atoms with van der Waals surface area (Å²) >= 11 is 0. The number of ether oxygens (including phenoxy) is 1. The minimum atomic E-state index is -0.181. The predicted molar refractivity (Wildman–Crippen MR) is 75.2 cm³/mol. The minimum absolute atomic E-state index is 0.181. The van der Waals surface area contributed by atoms with Crippen LogP contribution in [0.3, 0.4) is 0 Å². The van der Waals surface area contributed by atoms with Crippen molar-refractivity contribution >= 4 is 0 Å². The molecule has 1 aliphatic rings. The number of halogens is 1. The Kier molecular flexibility index (Phi) is 5.61. The third kappa shape index (κ3) is 4.48. The molecule has 106 valence electrons. The zero-order valence-corrected chi connectivity index (χ0v) is 11.6. The molecule has 0 aromatic heterocycles. The van der Waals surface area contributed by atoms with Gasteiger partial charge in [0.1, 0.15) is 11.6 Å². The molecule has 1 saturated heterocycles. The maximum absolute atomic E-state index is 13.4. The second-order valence-electron chi connectivity index (χ2n) is 4.94. The molecule has 3 nitrogen and oxygen atoms in total. The normalized spacial score (nSPS) is 16.5. The first-order valence-electron chi connectivity index (χ1n) is 7.14. The highest BCUT2D eigenvalue weighted by atomic mass is 19.1. The van der Waals surface area contributed by atoms with Gasteiger partial charge in [-0.15, -0.1) is 0 Å². The number of nitrogens with one attached hydrogen (secondary N) is 1. The van der Waals surface area contributed by atoms with Crippen LogP contribution in [0.1, 0.15) is 18.9 Å². The minimum Gasteiger partial charge on any atom is -0.493 e. The van der Waals surface area contributed by atoms with Gasteiger partial charge in [-0.05, 0) is 36.6 Å². The summed E-state index contributed by atoms with van der Waals surface area (Å²) in [5.74, 6) is 0.651. The molecule has 0 amide bonds. The van der Waals surface area contributed by atoms with Crippen LogP contribution in [-0.4, -0.2) is 44.2 Å². The topological polar surface area (TPSA) is 24.5 Å². The smallest absolute Gasteiger partial charge is 0.123 e. The third-order valence-corrected chi connectivity index (χ3v) is 3.39. The van der Waals surface area contributed by atoms with Gasteiger partial charge in [0.2, 0.25) is 0 Å². The quantitative estimate of drug-likeness (QED) is 0.853. The molecule has 1 N–H and O–H groups in total. The Morgan fingerprint density at radius 3 is 2.84 bits per heavy atom. The van der Waals surface area contributed by atoms with Crippen LogP contribution in [0.2, 0.25) is 0 Å². The van der Waals surface area contributed by atoms with Crippen LogP contribution in [0.5, 0.6) is 5.75 Å². The van der Waals surface area contributed by atoms with Gasteiger partial charge in [-0.2, -0.15) is 0 Å². The summed E-state index contributed by atoms with van der Waals surface area (Å²) in [6.07, 6.45) is 1.81. The molecule has 1 aromatic rings. The molecule has 19 heavy (non-hydrogen) atoms. The van der Waals surface area contributed by atoms with Crippen molar-refractivity contribution in [3.63, 3.8) is 0 Å². The number of benzene rings is 1. The molecule has 1 heterocycles. The SMILES string of the molecule is CCCOc1ccc(F)cc1CCN1CCNCC1. The van der Waals surface area contributed by atoms with E-state index in [1.54, 1.807) is 12.1 Å². The fourth-order valence-corrected chi connectivity index (χ4v) is 2.31. The summed E-state index contributed by atoms with van der Waals surface area (Å²) in [5.41, 5.74) is 0.979. The molecule has 0 atom stereocenters. The van der Waals surface area contributed by atoms with Crippen LogP contribution < -0.4 is 10.1 Å². The summed E-state index contributed by atoms with van der Waals surface area (Å²) in [6.45, 7) is 7.95. The lowest BCUT2D eigenvalue weighted by Gasteiger charge is -2.27. The summed E-state index contributed by atoms with van der Waals surface area (Å²) in [5, 5.41) is 3.33. The van der Waals surface area contributed by atoms with Crippen LogP contribution in [0.25, 0.3) is 0 Å². The Morgan fingerprint density at radius 2 is 2.11 bits per heavy atom. The lowest BCUT2D eigenvalue weighted by Crippen LogP contribution is -2.44. The van der Waals surface area contributed by atoms with Crippen LogP contribution in [0.15, 0.2) is 18.2 Å². The average Bonchev–Trinajstić information content (AvgIpc) is 2.45. The van der Waals surface area contributed by atoms with Crippen LogP contribution >= 0.6 is 0 Å². The van der Waals surface area contributed by atoms with Gasteiger partial charge in [0.05, 0.1) is 6.61 Å². The van der Waals surface area contributed by atoms with Crippen molar-refractivity contribution in [1.82, 2.24) is 10.2 Å². The van der Waals surface area contributed by atoms with Crippen LogP contribution in [-0.2, 0) is 6.42 Å². The highest BCUT2D eigenvalue weighted by molar-refractivity contribution is 5.34. The second-order valence-corrected chi connectivity index (χ2v) is 4.94. The maximum atomic E-state index is 13.4. The Hall–Kier alpha value is -1.13. The van der Waals surface area contributed by atoms with Gasteiger partial charge >= 0.3 is 0 Å². The number of rotatable bonds is 6. The zero-order chi connectivity index (χ0) is 13.5. The van der Waals surface area contributed by atoms with Crippen LogP contribution in [0.4, 0.5) is 4.39 Å². The van der Waals surface area contributed by atoms with E-state index in [9.17, 15) is 4.39 Å². The van der Waals surface area contributed by atoms with Gasteiger partial charge in [0, 0.05) is 32.7 Å². The standard InChI is InChI=1S/C15H23FN2O/c1-2-11-19-15-4-3-14(16)12-13(15)5-8-18-9-6-17-7-10-18/h3-4,12,17H,2,5-11H2,1H3. The third-order valence-electron chi connectivity index (χ3n) is 3.39. The van der Waals surface area contributed by atoms with Crippen molar-refractivity contribution in [1.29, 1.82) is 0 Å². The molecule has 0 radical (unpaired) electrons. The van der Waals surface area contributed by atoms with Crippen molar-refractivity contribution in [2.45, 2.75) is 19.8 Å². The van der Waals surface area contributed by atoms with Crippen LogP contribution in [0, 0.1) is 5.82 Å². The predicted octanol–water partition coefficient (Wildman–Crippen LogP) is 2.06. The average molecular weight is 266 g/mol. The van der Waals surface area contributed by atoms with Gasteiger partial charge < -0.3 is 15.0 Å². The first kappa shape index (κ1) is 14.3. The number of nitrogens with zero attached hydrogens (tertiary/aromatic N) is 1. The molecular weight excluding hydrogens is 243 g/mol. The van der Waals surface area contributed by atoms with Crippen molar-refractivity contribution in [2.24, 2.45) is 0 Å². The van der Waals surface area contributed by atoms with Gasteiger partial charge in [-0.3, -0.25) is 0 Å². The first-order chi connectivity index (χ1) is 9.29.